The monoisotopic (exact) mass is 480 g/mol. The predicted octanol–water partition coefficient (Wildman–Crippen LogP) is 7.41. The molecule has 1 unspecified atom stereocenters. The summed E-state index contributed by atoms with van der Waals surface area (Å²) >= 11 is 1.46. The fraction of sp³-hybridized carbons (Fsp3) is 0.233. The van der Waals surface area contributed by atoms with Crippen LogP contribution in [0.25, 0.3) is 11.1 Å². The molecule has 0 bridgehead atoms. The molecule has 0 nitrogen and oxygen atoms in total. The molecule has 0 aromatic heterocycles. The summed E-state index contributed by atoms with van der Waals surface area (Å²) in [6, 6.07) is 28.5. The van der Waals surface area contributed by atoms with Crippen molar-refractivity contribution in [2.75, 3.05) is 0 Å². The third-order valence-corrected chi connectivity index (χ3v) is 6.33. The molecule has 0 N–H and O–H groups in total. The molecule has 31 heavy (non-hydrogen) atoms. The third-order valence-electron chi connectivity index (χ3n) is 5.51. The molecule has 2 aliphatic carbocycles. The quantitative estimate of drug-likeness (QED) is 0.261. The van der Waals surface area contributed by atoms with Gasteiger partial charge in [0, 0.05) is 0 Å². The molecule has 0 spiro atoms. The van der Waals surface area contributed by atoms with Gasteiger partial charge in [-0.3, -0.25) is 6.08 Å². The third kappa shape index (κ3) is 6.44. The van der Waals surface area contributed by atoms with Gasteiger partial charge in [-0.15, -0.1) is 5.56 Å². The Hall–Kier alpha value is -2.11. The summed E-state index contributed by atoms with van der Waals surface area (Å²) in [4.78, 5) is 0. The standard InChI is InChI=1S/C13H9.C10H15.C7H6.Zr/c1-3-7-12-10(5-1)9-11-6-2-4-8-13(11)12;1-7(2)10-6-8(3)5-9(10)4;1-7-5-3-2-4-6-7;/h1-5,7-8H,9H2;6-8H,1-4H3;1-6H;/q2*-1;;+2. The average molecular weight is 482 g/mol. The van der Waals surface area contributed by atoms with E-state index in [-0.39, 0.29) is 0 Å². The fourth-order valence-electron chi connectivity index (χ4n) is 4.03. The van der Waals surface area contributed by atoms with Gasteiger partial charge in [0.1, 0.15) is 0 Å². The van der Waals surface area contributed by atoms with E-state index in [1.165, 1.54) is 63.2 Å². The molecule has 0 saturated carbocycles. The molecule has 0 saturated heterocycles. The van der Waals surface area contributed by atoms with Crippen molar-refractivity contribution in [3.05, 3.63) is 119 Å². The van der Waals surface area contributed by atoms with Crippen LogP contribution in [0.1, 0.15) is 44.4 Å². The Bertz CT molecular complexity index is 1030. The van der Waals surface area contributed by atoms with Gasteiger partial charge in [0.2, 0.25) is 0 Å². The maximum absolute atomic E-state index is 3.37. The first-order chi connectivity index (χ1) is 15.0. The Morgan fingerprint density at radius 2 is 1.61 bits per heavy atom. The van der Waals surface area contributed by atoms with E-state index in [9.17, 15) is 0 Å². The Balaban J connectivity index is 0.000000137. The van der Waals surface area contributed by atoms with Gasteiger partial charge in [-0.05, 0) is 6.42 Å². The van der Waals surface area contributed by atoms with Gasteiger partial charge >= 0.3 is 63.8 Å². The Morgan fingerprint density at radius 3 is 2.19 bits per heavy atom. The molecule has 3 aromatic rings. The van der Waals surface area contributed by atoms with Gasteiger partial charge in [-0.2, -0.15) is 41.5 Å². The molecule has 0 aliphatic heterocycles. The Kier molecular flexibility index (Phi) is 8.73. The second kappa shape index (κ2) is 11.5. The van der Waals surface area contributed by atoms with Crippen molar-refractivity contribution < 1.29 is 24.2 Å². The first kappa shape index (κ1) is 23.6. The van der Waals surface area contributed by atoms with E-state index >= 15 is 0 Å². The minimum absolute atomic E-state index is 0.539. The van der Waals surface area contributed by atoms with E-state index in [2.05, 4.69) is 110 Å². The second-order valence-corrected chi connectivity index (χ2v) is 9.00. The molecule has 3 aromatic carbocycles. The van der Waals surface area contributed by atoms with Crippen LogP contribution in [0.4, 0.5) is 0 Å². The van der Waals surface area contributed by atoms with Crippen molar-refractivity contribution in [3.63, 3.8) is 0 Å². The summed E-state index contributed by atoms with van der Waals surface area (Å²) in [5.41, 5.74) is 9.66. The number of fused-ring (bicyclic) bond motifs is 3. The van der Waals surface area contributed by atoms with Crippen LogP contribution in [0.3, 0.4) is 0 Å². The number of rotatable bonds is 2. The number of benzene rings is 3. The molecule has 0 radical (unpaired) electrons. The van der Waals surface area contributed by atoms with Crippen molar-refractivity contribution in [1.82, 2.24) is 0 Å². The van der Waals surface area contributed by atoms with E-state index in [1.807, 2.05) is 12.1 Å². The molecule has 2 aliphatic rings. The first-order valence-electron chi connectivity index (χ1n) is 10.9. The molecule has 5 rings (SSSR count). The zero-order chi connectivity index (χ0) is 22.2. The van der Waals surface area contributed by atoms with Crippen LogP contribution >= 0.6 is 0 Å². The molecule has 0 amide bonds. The maximum atomic E-state index is 3.37. The predicted molar refractivity (Wildman–Crippen MR) is 130 cm³/mol. The Morgan fingerprint density at radius 1 is 0.935 bits per heavy atom. The van der Waals surface area contributed by atoms with Crippen molar-refractivity contribution in [3.8, 4) is 11.1 Å². The van der Waals surface area contributed by atoms with Crippen molar-refractivity contribution in [2.24, 2.45) is 11.8 Å². The topological polar surface area (TPSA) is 0 Å². The molecule has 154 valence electrons. The summed E-state index contributed by atoms with van der Waals surface area (Å²) in [5.74, 6) is 1.20. The zero-order valence-corrected chi connectivity index (χ0v) is 21.4. The van der Waals surface area contributed by atoms with Crippen LogP contribution in [0.5, 0.6) is 0 Å². The van der Waals surface area contributed by atoms with Crippen molar-refractivity contribution in [2.45, 2.75) is 34.1 Å². The minimum atomic E-state index is 0.539. The summed E-state index contributed by atoms with van der Waals surface area (Å²) in [6.45, 7) is 8.79. The largest absolute Gasteiger partial charge is 0.179 e. The van der Waals surface area contributed by atoms with Gasteiger partial charge in [0.25, 0.3) is 0 Å². The smallest absolute Gasteiger partial charge is 0.0253 e. The number of hydrogen-bond donors (Lipinski definition) is 0. The summed E-state index contributed by atoms with van der Waals surface area (Å²) in [7, 11) is 0. The number of allylic oxidation sites excluding steroid dienone is 4. The van der Waals surface area contributed by atoms with Crippen molar-refractivity contribution in [1.29, 1.82) is 0 Å². The normalized spacial score (nSPS) is 15.5. The van der Waals surface area contributed by atoms with E-state index in [0.717, 1.165) is 6.42 Å². The van der Waals surface area contributed by atoms with Gasteiger partial charge in [-0.25, -0.2) is 5.57 Å². The number of hydrogen-bond acceptors (Lipinski definition) is 0. The van der Waals surface area contributed by atoms with Crippen LogP contribution in [0.15, 0.2) is 90.0 Å². The van der Waals surface area contributed by atoms with Gasteiger partial charge in [0.05, 0.1) is 0 Å². The molecular weight excluding hydrogens is 452 g/mol. The van der Waals surface area contributed by atoms with Gasteiger partial charge in [-0.1, -0.05) is 74.9 Å². The zero-order valence-electron chi connectivity index (χ0n) is 18.9. The van der Waals surface area contributed by atoms with Crippen LogP contribution in [0, 0.1) is 24.0 Å². The SMILES string of the molecule is CC1=[C-]C(C)C=C1C(C)C.[Zr+2]=[CH]c1ccccc1.[c-]1cccc2c1Cc1ccccc1-2. The van der Waals surface area contributed by atoms with E-state index in [1.54, 1.807) is 0 Å². The van der Waals surface area contributed by atoms with Gasteiger partial charge in [0.15, 0.2) is 0 Å². The average Bonchev–Trinajstić information content (AvgIpc) is 3.34. The van der Waals surface area contributed by atoms with Crippen LogP contribution < -0.4 is 0 Å². The maximum Gasteiger partial charge on any atom is -0.0253 e. The van der Waals surface area contributed by atoms with E-state index in [0.29, 0.717) is 11.8 Å². The van der Waals surface area contributed by atoms with E-state index in [4.69, 9.17) is 0 Å². The van der Waals surface area contributed by atoms with Crippen LogP contribution in [-0.4, -0.2) is 3.71 Å². The molecular formula is C30H30Zr. The minimum Gasteiger partial charge on any atom is -0.179 e. The summed E-state index contributed by atoms with van der Waals surface area (Å²) in [5, 5.41) is 0. The Labute approximate surface area is 203 Å². The van der Waals surface area contributed by atoms with Crippen LogP contribution in [-0.2, 0) is 30.7 Å². The van der Waals surface area contributed by atoms with Crippen LogP contribution in [0.2, 0.25) is 0 Å². The summed E-state index contributed by atoms with van der Waals surface area (Å²) < 4.78 is 2.17. The molecule has 0 heterocycles. The molecule has 1 atom stereocenters. The molecule has 0 fully saturated rings. The first-order valence-corrected chi connectivity index (χ1v) is 12.4. The second-order valence-electron chi connectivity index (χ2n) is 8.29. The van der Waals surface area contributed by atoms with Gasteiger partial charge < -0.3 is 0 Å². The summed E-state index contributed by atoms with van der Waals surface area (Å²) in [6.07, 6.45) is 6.73. The molecule has 1 heteroatoms. The van der Waals surface area contributed by atoms with Crippen molar-refractivity contribution >= 4 is 3.71 Å². The van der Waals surface area contributed by atoms with E-state index < -0.39 is 0 Å². The fourth-order valence-corrected chi connectivity index (χ4v) is 4.51.